The molecule has 132 valence electrons. The second-order valence-corrected chi connectivity index (χ2v) is 6.49. The highest BCUT2D eigenvalue weighted by molar-refractivity contribution is 6.00. The Morgan fingerprint density at radius 1 is 0.667 bits per heavy atom. The molecule has 2 heterocycles. The molecule has 4 atom stereocenters. The summed E-state index contributed by atoms with van der Waals surface area (Å²) >= 11 is 0. The van der Waals surface area contributed by atoms with Gasteiger partial charge in [0.1, 0.15) is 0 Å². The summed E-state index contributed by atoms with van der Waals surface area (Å²) in [7, 11) is 0. The van der Waals surface area contributed by atoms with Gasteiger partial charge in [-0.1, -0.05) is 0 Å². The summed E-state index contributed by atoms with van der Waals surface area (Å²) in [6.07, 6.45) is -1.67. The number of carbonyl (C=O) groups excluding carboxylic acids is 4. The first-order valence-corrected chi connectivity index (χ1v) is 7.83. The van der Waals surface area contributed by atoms with E-state index in [1.165, 1.54) is 0 Å². The maximum Gasteiger partial charge on any atom is 0.240 e. The number of hydrogen-bond donors (Lipinski definition) is 4. The van der Waals surface area contributed by atoms with Crippen LogP contribution in [0, 0.1) is 0 Å². The Balaban J connectivity index is 1.82. The molecule has 24 heavy (non-hydrogen) atoms. The summed E-state index contributed by atoms with van der Waals surface area (Å²) < 4.78 is 0. The number of hydrogen-bond acceptors (Lipinski definition) is 8. The minimum atomic E-state index is -0.986. The van der Waals surface area contributed by atoms with Gasteiger partial charge in [-0.2, -0.15) is 0 Å². The molecule has 4 N–H and O–H groups in total. The lowest BCUT2D eigenvalue weighted by Gasteiger charge is -2.48. The van der Waals surface area contributed by atoms with Crippen LogP contribution < -0.4 is 10.6 Å². The van der Waals surface area contributed by atoms with Crippen LogP contribution >= 0.6 is 0 Å². The van der Waals surface area contributed by atoms with Gasteiger partial charge in [0.05, 0.1) is 38.4 Å². The Morgan fingerprint density at radius 2 is 0.958 bits per heavy atom. The normalized spacial score (nSPS) is 36.4. The van der Waals surface area contributed by atoms with E-state index in [4.69, 9.17) is 0 Å². The predicted octanol–water partition coefficient (Wildman–Crippen LogP) is -3.84. The number of nitrogens with one attached hydrogen (secondary N) is 2. The average molecular weight is 340 g/mol. The monoisotopic (exact) mass is 340 g/mol. The second-order valence-electron chi connectivity index (χ2n) is 6.49. The van der Waals surface area contributed by atoms with E-state index in [0.717, 1.165) is 0 Å². The summed E-state index contributed by atoms with van der Waals surface area (Å²) in [6.45, 7) is -0.0409. The van der Waals surface area contributed by atoms with Crippen LogP contribution in [-0.2, 0) is 19.2 Å². The summed E-state index contributed by atoms with van der Waals surface area (Å²) in [5.41, 5.74) is 0. The van der Waals surface area contributed by atoms with E-state index in [-0.39, 0.29) is 39.0 Å². The maximum absolute atomic E-state index is 11.6. The highest BCUT2D eigenvalue weighted by Gasteiger charge is 2.44. The van der Waals surface area contributed by atoms with Crippen LogP contribution in [0.25, 0.3) is 0 Å². The third-order valence-electron chi connectivity index (χ3n) is 4.74. The molecule has 1 aliphatic carbocycles. The van der Waals surface area contributed by atoms with E-state index in [1.54, 1.807) is 9.80 Å². The van der Waals surface area contributed by atoms with Gasteiger partial charge in [-0.25, -0.2) is 0 Å². The molecular weight excluding hydrogens is 320 g/mol. The Kier molecular flexibility index (Phi) is 4.63. The molecular formula is C14H20N4O6. The first-order valence-electron chi connectivity index (χ1n) is 7.83. The molecule has 0 radical (unpaired) electrons. The molecule has 4 amide bonds. The number of piperazine rings is 2. The van der Waals surface area contributed by atoms with Gasteiger partial charge in [0, 0.05) is 12.1 Å². The first-order chi connectivity index (χ1) is 11.3. The van der Waals surface area contributed by atoms with E-state index in [2.05, 4.69) is 10.6 Å². The average Bonchev–Trinajstić information content (AvgIpc) is 2.47. The molecule has 10 heteroatoms. The largest absolute Gasteiger partial charge is 0.390 e. The summed E-state index contributed by atoms with van der Waals surface area (Å²) in [4.78, 5) is 49.8. The third-order valence-corrected chi connectivity index (χ3v) is 4.74. The number of carbonyl (C=O) groups is 4. The van der Waals surface area contributed by atoms with Gasteiger partial charge in [-0.3, -0.25) is 39.6 Å². The topological polar surface area (TPSA) is 139 Å². The van der Waals surface area contributed by atoms with Crippen molar-refractivity contribution in [2.45, 2.75) is 37.1 Å². The zero-order chi connectivity index (χ0) is 17.4. The molecule has 0 aromatic rings. The van der Waals surface area contributed by atoms with Crippen LogP contribution in [0.1, 0.15) is 12.8 Å². The molecule has 10 nitrogen and oxygen atoms in total. The van der Waals surface area contributed by atoms with Crippen LogP contribution in [0.2, 0.25) is 0 Å². The van der Waals surface area contributed by atoms with Gasteiger partial charge in [-0.15, -0.1) is 0 Å². The van der Waals surface area contributed by atoms with Crippen LogP contribution in [0.5, 0.6) is 0 Å². The Labute approximate surface area is 137 Å². The van der Waals surface area contributed by atoms with Gasteiger partial charge in [0.25, 0.3) is 0 Å². The Morgan fingerprint density at radius 3 is 1.25 bits per heavy atom. The Bertz CT molecular complexity index is 500. The lowest BCUT2D eigenvalue weighted by atomic mass is 9.83. The highest BCUT2D eigenvalue weighted by atomic mass is 16.3. The van der Waals surface area contributed by atoms with Gasteiger partial charge in [0.2, 0.25) is 23.6 Å². The summed E-state index contributed by atoms with van der Waals surface area (Å²) in [5.74, 6) is -1.73. The lowest BCUT2D eigenvalue weighted by molar-refractivity contribution is -0.146. The quantitative estimate of drug-likeness (QED) is 0.375. The van der Waals surface area contributed by atoms with Gasteiger partial charge in [-0.05, 0) is 12.8 Å². The Hall–Kier alpha value is -1.88. The molecule has 3 aliphatic rings. The van der Waals surface area contributed by atoms with Crippen molar-refractivity contribution < 1.29 is 29.4 Å². The van der Waals surface area contributed by atoms with Crippen molar-refractivity contribution in [3.63, 3.8) is 0 Å². The molecule has 2 saturated heterocycles. The fourth-order valence-electron chi connectivity index (χ4n) is 3.70. The molecule has 0 bridgehead atoms. The van der Waals surface area contributed by atoms with E-state index in [9.17, 15) is 29.4 Å². The van der Waals surface area contributed by atoms with Crippen molar-refractivity contribution in [3.8, 4) is 0 Å². The zero-order valence-corrected chi connectivity index (χ0v) is 13.0. The van der Waals surface area contributed by atoms with Crippen molar-refractivity contribution >= 4 is 23.6 Å². The SMILES string of the molecule is O=C1CN([C@@H]2C[C@H](O)[C@H](O)C[C@@H]2N2CC(=O)NC(=O)C2)CC(=O)N1. The number of nitrogens with zero attached hydrogens (tertiary/aromatic N) is 2. The molecule has 0 spiro atoms. The highest BCUT2D eigenvalue weighted by Crippen LogP contribution is 2.29. The number of rotatable bonds is 2. The van der Waals surface area contributed by atoms with Crippen LogP contribution in [0.4, 0.5) is 0 Å². The van der Waals surface area contributed by atoms with E-state index in [1.807, 2.05) is 0 Å². The molecule has 0 aromatic heterocycles. The van der Waals surface area contributed by atoms with Crippen molar-refractivity contribution in [2.75, 3.05) is 26.2 Å². The van der Waals surface area contributed by atoms with Crippen molar-refractivity contribution in [1.82, 2.24) is 20.4 Å². The number of amides is 4. The van der Waals surface area contributed by atoms with Crippen molar-refractivity contribution in [3.05, 3.63) is 0 Å². The standard InChI is InChI=1S/C14H20N4O6/c19-9-1-7(17-3-11(21)15-12(22)4-17)8(2-10(9)20)18-5-13(23)16-14(24)6-18/h7-10,19-20H,1-6H2,(H,15,21,22)(H,16,23,24)/t7-,8+,9+,10-. The molecule has 0 aromatic carbocycles. The minimum absolute atomic E-state index is 0.0102. The van der Waals surface area contributed by atoms with Crippen molar-refractivity contribution in [1.29, 1.82) is 0 Å². The summed E-state index contributed by atoms with van der Waals surface area (Å²) in [5, 5.41) is 24.4. The summed E-state index contributed by atoms with van der Waals surface area (Å²) in [6, 6.07) is -0.839. The zero-order valence-electron chi connectivity index (χ0n) is 13.0. The number of aliphatic hydroxyl groups is 2. The van der Waals surface area contributed by atoms with Gasteiger partial charge >= 0.3 is 0 Å². The molecule has 0 unspecified atom stereocenters. The second kappa shape index (κ2) is 6.55. The van der Waals surface area contributed by atoms with E-state index >= 15 is 0 Å². The lowest BCUT2D eigenvalue weighted by Crippen LogP contribution is -2.66. The molecule has 3 fully saturated rings. The van der Waals surface area contributed by atoms with Gasteiger partial charge < -0.3 is 10.2 Å². The fraction of sp³-hybridized carbons (Fsp3) is 0.714. The predicted molar refractivity (Wildman–Crippen MR) is 78.3 cm³/mol. The van der Waals surface area contributed by atoms with E-state index in [0.29, 0.717) is 0 Å². The third kappa shape index (κ3) is 3.46. The van der Waals surface area contributed by atoms with Gasteiger partial charge in [0.15, 0.2) is 0 Å². The van der Waals surface area contributed by atoms with Crippen LogP contribution in [0.3, 0.4) is 0 Å². The van der Waals surface area contributed by atoms with E-state index < -0.39 is 47.9 Å². The minimum Gasteiger partial charge on any atom is -0.390 e. The van der Waals surface area contributed by atoms with Crippen LogP contribution in [-0.4, -0.2) is 94.1 Å². The molecule has 1 saturated carbocycles. The maximum atomic E-state index is 11.6. The molecule has 2 aliphatic heterocycles. The number of imide groups is 2. The first kappa shape index (κ1) is 17.0. The smallest absolute Gasteiger partial charge is 0.240 e. The fourth-order valence-corrected chi connectivity index (χ4v) is 3.70. The van der Waals surface area contributed by atoms with Crippen LogP contribution in [0.15, 0.2) is 0 Å². The molecule has 3 rings (SSSR count). The van der Waals surface area contributed by atoms with Crippen molar-refractivity contribution in [2.24, 2.45) is 0 Å². The number of aliphatic hydroxyl groups excluding tert-OH is 2.